The molecule has 0 aromatic carbocycles. The number of carbonyl (C=O) groups excluding carboxylic acids is 1. The zero-order chi connectivity index (χ0) is 14.3. The van der Waals surface area contributed by atoms with E-state index in [1.165, 1.54) is 0 Å². The van der Waals surface area contributed by atoms with Crippen LogP contribution in [-0.4, -0.2) is 36.1 Å². The van der Waals surface area contributed by atoms with Crippen LogP contribution in [0, 0.1) is 11.8 Å². The van der Waals surface area contributed by atoms with Crippen molar-refractivity contribution in [2.24, 2.45) is 11.8 Å². The SMILES string of the molecule is CC[C@H](C)[C@H](NC(=O)CCC1CCNCC1)C(=O)O. The lowest BCUT2D eigenvalue weighted by Gasteiger charge is -2.23. The maximum Gasteiger partial charge on any atom is 0.326 e. The minimum atomic E-state index is -0.940. The van der Waals surface area contributed by atoms with E-state index in [-0.39, 0.29) is 11.8 Å². The average Bonchev–Trinajstić information content (AvgIpc) is 2.42. The lowest BCUT2D eigenvalue weighted by molar-refractivity contribution is -0.143. The van der Waals surface area contributed by atoms with Crippen molar-refractivity contribution in [1.29, 1.82) is 0 Å². The summed E-state index contributed by atoms with van der Waals surface area (Å²) in [5, 5.41) is 15.1. The van der Waals surface area contributed by atoms with Crippen LogP contribution in [0.15, 0.2) is 0 Å². The zero-order valence-electron chi connectivity index (χ0n) is 11.9. The third-order valence-electron chi connectivity index (χ3n) is 4.03. The highest BCUT2D eigenvalue weighted by atomic mass is 16.4. The second-order valence-electron chi connectivity index (χ2n) is 5.50. The number of rotatable bonds is 7. The van der Waals surface area contributed by atoms with Gasteiger partial charge in [0.25, 0.3) is 0 Å². The Balaban J connectivity index is 2.33. The van der Waals surface area contributed by atoms with E-state index in [9.17, 15) is 9.59 Å². The number of amides is 1. The molecule has 0 aliphatic carbocycles. The van der Waals surface area contributed by atoms with E-state index >= 15 is 0 Å². The van der Waals surface area contributed by atoms with Gasteiger partial charge in [0.15, 0.2) is 0 Å². The van der Waals surface area contributed by atoms with E-state index < -0.39 is 12.0 Å². The molecule has 0 aromatic rings. The molecule has 110 valence electrons. The first-order valence-electron chi connectivity index (χ1n) is 7.27. The maximum absolute atomic E-state index is 11.8. The van der Waals surface area contributed by atoms with Crippen molar-refractivity contribution < 1.29 is 14.7 Å². The number of nitrogens with one attached hydrogen (secondary N) is 2. The molecule has 19 heavy (non-hydrogen) atoms. The first-order valence-corrected chi connectivity index (χ1v) is 7.27. The van der Waals surface area contributed by atoms with Gasteiger partial charge in [-0.1, -0.05) is 20.3 Å². The highest BCUT2D eigenvalue weighted by Gasteiger charge is 2.25. The molecular formula is C14H26N2O3. The van der Waals surface area contributed by atoms with Crippen molar-refractivity contribution in [3.05, 3.63) is 0 Å². The third-order valence-corrected chi connectivity index (χ3v) is 4.03. The highest BCUT2D eigenvalue weighted by Crippen LogP contribution is 2.17. The largest absolute Gasteiger partial charge is 0.480 e. The van der Waals surface area contributed by atoms with Gasteiger partial charge < -0.3 is 15.7 Å². The van der Waals surface area contributed by atoms with Gasteiger partial charge in [0.2, 0.25) is 5.91 Å². The summed E-state index contributed by atoms with van der Waals surface area (Å²) in [7, 11) is 0. The molecule has 5 heteroatoms. The number of carboxylic acids is 1. The van der Waals surface area contributed by atoms with Gasteiger partial charge in [0, 0.05) is 6.42 Å². The smallest absolute Gasteiger partial charge is 0.326 e. The molecule has 0 radical (unpaired) electrons. The minimum absolute atomic E-state index is 0.0414. The van der Waals surface area contributed by atoms with Crippen LogP contribution in [0.4, 0.5) is 0 Å². The monoisotopic (exact) mass is 270 g/mol. The summed E-state index contributed by atoms with van der Waals surface area (Å²) in [6.07, 6.45) is 4.26. The van der Waals surface area contributed by atoms with Gasteiger partial charge in [-0.15, -0.1) is 0 Å². The van der Waals surface area contributed by atoms with Crippen LogP contribution in [0.2, 0.25) is 0 Å². The van der Waals surface area contributed by atoms with Gasteiger partial charge in [-0.05, 0) is 44.2 Å². The fraction of sp³-hybridized carbons (Fsp3) is 0.857. The maximum atomic E-state index is 11.8. The molecule has 5 nitrogen and oxygen atoms in total. The van der Waals surface area contributed by atoms with Crippen LogP contribution in [0.25, 0.3) is 0 Å². The molecule has 1 amide bonds. The lowest BCUT2D eigenvalue weighted by Crippen LogP contribution is -2.45. The van der Waals surface area contributed by atoms with Gasteiger partial charge in [-0.3, -0.25) is 4.79 Å². The Hall–Kier alpha value is -1.10. The van der Waals surface area contributed by atoms with E-state index in [0.717, 1.165) is 38.8 Å². The summed E-state index contributed by atoms with van der Waals surface area (Å²) in [5.41, 5.74) is 0. The highest BCUT2D eigenvalue weighted by molar-refractivity contribution is 5.83. The van der Waals surface area contributed by atoms with Crippen molar-refractivity contribution in [3.8, 4) is 0 Å². The lowest BCUT2D eigenvalue weighted by atomic mass is 9.93. The normalized spacial score (nSPS) is 19.7. The van der Waals surface area contributed by atoms with Crippen LogP contribution in [0.3, 0.4) is 0 Å². The Morgan fingerprint density at radius 1 is 1.37 bits per heavy atom. The van der Waals surface area contributed by atoms with Crippen molar-refractivity contribution in [2.75, 3.05) is 13.1 Å². The first-order chi connectivity index (χ1) is 9.04. The molecule has 0 spiro atoms. The van der Waals surface area contributed by atoms with Crippen LogP contribution in [0.5, 0.6) is 0 Å². The van der Waals surface area contributed by atoms with Crippen LogP contribution >= 0.6 is 0 Å². The number of aliphatic carboxylic acids is 1. The molecular weight excluding hydrogens is 244 g/mol. The van der Waals surface area contributed by atoms with E-state index in [1.54, 1.807) is 0 Å². The second kappa shape index (κ2) is 8.15. The standard InChI is InChI=1S/C14H26N2O3/c1-3-10(2)13(14(18)19)16-12(17)5-4-11-6-8-15-9-7-11/h10-11,13,15H,3-9H2,1-2H3,(H,16,17)(H,18,19)/t10-,13-/m0/s1. The Bertz CT molecular complexity index is 301. The number of carbonyl (C=O) groups is 2. The Labute approximate surface area is 115 Å². The molecule has 1 aliphatic rings. The quantitative estimate of drug-likeness (QED) is 0.653. The Morgan fingerprint density at radius 3 is 2.53 bits per heavy atom. The van der Waals surface area contributed by atoms with Gasteiger partial charge in [-0.2, -0.15) is 0 Å². The van der Waals surface area contributed by atoms with E-state index in [4.69, 9.17) is 5.11 Å². The number of hydrogen-bond donors (Lipinski definition) is 3. The van der Waals surface area contributed by atoms with Gasteiger partial charge in [0.05, 0.1) is 0 Å². The summed E-state index contributed by atoms with van der Waals surface area (Å²) in [5.74, 6) is -0.519. The van der Waals surface area contributed by atoms with Crippen molar-refractivity contribution in [2.45, 2.75) is 52.0 Å². The zero-order valence-corrected chi connectivity index (χ0v) is 11.9. The van der Waals surface area contributed by atoms with E-state index in [2.05, 4.69) is 10.6 Å². The fourth-order valence-electron chi connectivity index (χ4n) is 2.43. The van der Waals surface area contributed by atoms with Crippen LogP contribution in [-0.2, 0) is 9.59 Å². The predicted molar refractivity (Wildman–Crippen MR) is 73.8 cm³/mol. The second-order valence-corrected chi connectivity index (χ2v) is 5.50. The molecule has 2 atom stereocenters. The van der Waals surface area contributed by atoms with Crippen LogP contribution < -0.4 is 10.6 Å². The van der Waals surface area contributed by atoms with Gasteiger partial charge in [-0.25, -0.2) is 4.79 Å². The van der Waals surface area contributed by atoms with Crippen molar-refractivity contribution in [1.82, 2.24) is 10.6 Å². The minimum Gasteiger partial charge on any atom is -0.480 e. The molecule has 1 saturated heterocycles. The number of piperidine rings is 1. The average molecular weight is 270 g/mol. The molecule has 0 bridgehead atoms. The predicted octanol–water partition coefficient (Wildman–Crippen LogP) is 1.38. The van der Waals surface area contributed by atoms with E-state index in [0.29, 0.717) is 12.3 Å². The third kappa shape index (κ3) is 5.59. The van der Waals surface area contributed by atoms with Crippen molar-refractivity contribution >= 4 is 11.9 Å². The van der Waals surface area contributed by atoms with Crippen LogP contribution in [0.1, 0.15) is 46.0 Å². The number of carboxylic acid groups (broad SMARTS) is 1. The topological polar surface area (TPSA) is 78.4 Å². The molecule has 1 fully saturated rings. The molecule has 1 heterocycles. The fourth-order valence-corrected chi connectivity index (χ4v) is 2.43. The Morgan fingerprint density at radius 2 is 2.00 bits per heavy atom. The molecule has 3 N–H and O–H groups in total. The van der Waals surface area contributed by atoms with Gasteiger partial charge >= 0.3 is 5.97 Å². The summed E-state index contributed by atoms with van der Waals surface area (Å²) >= 11 is 0. The molecule has 0 saturated carbocycles. The summed E-state index contributed by atoms with van der Waals surface area (Å²) in [4.78, 5) is 22.9. The van der Waals surface area contributed by atoms with Gasteiger partial charge in [0.1, 0.15) is 6.04 Å². The van der Waals surface area contributed by atoms with E-state index in [1.807, 2.05) is 13.8 Å². The number of hydrogen-bond acceptors (Lipinski definition) is 3. The molecule has 1 rings (SSSR count). The van der Waals surface area contributed by atoms with Crippen molar-refractivity contribution in [3.63, 3.8) is 0 Å². The summed E-state index contributed by atoms with van der Waals surface area (Å²) in [6.45, 7) is 5.83. The first kappa shape index (κ1) is 16.0. The molecule has 0 unspecified atom stereocenters. The molecule has 0 aromatic heterocycles. The molecule has 1 aliphatic heterocycles. The summed E-state index contributed by atoms with van der Waals surface area (Å²) < 4.78 is 0. The summed E-state index contributed by atoms with van der Waals surface area (Å²) in [6, 6.07) is -0.759. The Kier molecular flexibility index (Phi) is 6.84.